The van der Waals surface area contributed by atoms with E-state index in [4.69, 9.17) is 0 Å². The Bertz CT molecular complexity index is 242. The molecule has 118 valence electrons. The van der Waals surface area contributed by atoms with Crippen molar-refractivity contribution < 1.29 is 4.79 Å². The van der Waals surface area contributed by atoms with Crippen molar-refractivity contribution in [2.24, 2.45) is 0 Å². The number of unbranched alkanes of at least 4 members (excludes halogenated alkanes) is 5. The van der Waals surface area contributed by atoms with Crippen LogP contribution in [0.15, 0.2) is 0 Å². The Labute approximate surface area is 123 Å². The van der Waals surface area contributed by atoms with Gasteiger partial charge >= 0.3 is 6.03 Å². The van der Waals surface area contributed by atoms with Crippen LogP contribution < -0.4 is 16.0 Å². The van der Waals surface area contributed by atoms with Crippen LogP contribution in [0.2, 0.25) is 0 Å². The Balaban J connectivity index is 1.85. The number of nitrogens with one attached hydrogen (secondary N) is 3. The Hall–Kier alpha value is -0.810. The molecule has 1 fully saturated rings. The van der Waals surface area contributed by atoms with E-state index in [9.17, 15) is 4.79 Å². The van der Waals surface area contributed by atoms with E-state index in [-0.39, 0.29) is 6.03 Å². The van der Waals surface area contributed by atoms with Crippen molar-refractivity contribution in [1.29, 1.82) is 0 Å². The summed E-state index contributed by atoms with van der Waals surface area (Å²) in [5, 5.41) is 9.18. The highest BCUT2D eigenvalue weighted by Gasteiger charge is 2.08. The van der Waals surface area contributed by atoms with Crippen LogP contribution in [-0.2, 0) is 0 Å². The number of carbonyl (C=O) groups is 1. The molecule has 0 spiro atoms. The minimum absolute atomic E-state index is 0.0197. The molecule has 0 bridgehead atoms. The zero-order valence-corrected chi connectivity index (χ0v) is 13.0. The predicted molar refractivity (Wildman–Crippen MR) is 84.1 cm³/mol. The second kappa shape index (κ2) is 12.0. The Morgan fingerprint density at radius 3 is 2.40 bits per heavy atom. The second-order valence-electron chi connectivity index (χ2n) is 5.54. The van der Waals surface area contributed by atoms with Crippen LogP contribution in [0.25, 0.3) is 0 Å². The summed E-state index contributed by atoms with van der Waals surface area (Å²) in [6, 6.07) is -0.0197. The molecule has 1 aliphatic heterocycles. The molecular formula is C15H32N4O. The highest BCUT2D eigenvalue weighted by molar-refractivity contribution is 5.73. The maximum Gasteiger partial charge on any atom is 0.314 e. The molecule has 1 saturated heterocycles. The third-order valence-corrected chi connectivity index (χ3v) is 3.74. The highest BCUT2D eigenvalue weighted by Crippen LogP contribution is 2.03. The second-order valence-corrected chi connectivity index (χ2v) is 5.54. The van der Waals surface area contributed by atoms with Crippen molar-refractivity contribution in [2.75, 3.05) is 45.8 Å². The average Bonchev–Trinajstić information content (AvgIpc) is 2.47. The lowest BCUT2D eigenvalue weighted by Crippen LogP contribution is -2.47. The maximum absolute atomic E-state index is 11.6. The zero-order valence-electron chi connectivity index (χ0n) is 13.0. The molecule has 0 aromatic heterocycles. The highest BCUT2D eigenvalue weighted by atomic mass is 16.2. The molecule has 0 atom stereocenters. The van der Waals surface area contributed by atoms with E-state index in [0.717, 1.165) is 52.2 Å². The molecule has 0 saturated carbocycles. The quantitative estimate of drug-likeness (QED) is 0.534. The Morgan fingerprint density at radius 1 is 1.00 bits per heavy atom. The molecule has 0 aliphatic carbocycles. The molecule has 20 heavy (non-hydrogen) atoms. The average molecular weight is 284 g/mol. The third kappa shape index (κ3) is 9.15. The Kier molecular flexibility index (Phi) is 10.3. The van der Waals surface area contributed by atoms with Crippen LogP contribution in [0.1, 0.15) is 45.4 Å². The summed E-state index contributed by atoms with van der Waals surface area (Å²) in [5.74, 6) is 0. The number of amides is 2. The predicted octanol–water partition coefficient (Wildman–Crippen LogP) is 1.55. The minimum Gasteiger partial charge on any atom is -0.338 e. The van der Waals surface area contributed by atoms with Crippen molar-refractivity contribution in [3.05, 3.63) is 0 Å². The molecule has 5 nitrogen and oxygen atoms in total. The van der Waals surface area contributed by atoms with Gasteiger partial charge in [0.15, 0.2) is 0 Å². The molecule has 5 heteroatoms. The molecule has 0 aromatic carbocycles. The first kappa shape index (κ1) is 17.2. The third-order valence-electron chi connectivity index (χ3n) is 3.74. The van der Waals surface area contributed by atoms with Gasteiger partial charge in [-0.15, -0.1) is 0 Å². The molecule has 0 aromatic rings. The fourth-order valence-corrected chi connectivity index (χ4v) is 2.43. The van der Waals surface area contributed by atoms with Gasteiger partial charge in [0, 0.05) is 45.8 Å². The van der Waals surface area contributed by atoms with Gasteiger partial charge in [-0.25, -0.2) is 4.79 Å². The van der Waals surface area contributed by atoms with E-state index in [0.29, 0.717) is 0 Å². The van der Waals surface area contributed by atoms with Gasteiger partial charge in [-0.1, -0.05) is 39.0 Å². The molecule has 0 radical (unpaired) electrons. The summed E-state index contributed by atoms with van der Waals surface area (Å²) in [6.45, 7) is 9.00. The first-order valence-corrected chi connectivity index (χ1v) is 8.27. The summed E-state index contributed by atoms with van der Waals surface area (Å²) in [5.41, 5.74) is 0. The summed E-state index contributed by atoms with van der Waals surface area (Å²) in [4.78, 5) is 13.9. The zero-order chi connectivity index (χ0) is 14.5. The van der Waals surface area contributed by atoms with Gasteiger partial charge < -0.3 is 16.0 Å². The number of carbonyl (C=O) groups excluding carboxylic acids is 1. The fourth-order valence-electron chi connectivity index (χ4n) is 2.43. The number of hydrogen-bond acceptors (Lipinski definition) is 3. The van der Waals surface area contributed by atoms with Crippen LogP contribution in [-0.4, -0.2) is 56.7 Å². The number of nitrogens with zero attached hydrogens (tertiary/aromatic N) is 1. The molecule has 3 N–H and O–H groups in total. The molecule has 0 unspecified atom stereocenters. The van der Waals surface area contributed by atoms with Gasteiger partial charge in [-0.3, -0.25) is 4.90 Å². The van der Waals surface area contributed by atoms with Crippen LogP contribution in [0, 0.1) is 0 Å². The summed E-state index contributed by atoms with van der Waals surface area (Å²) in [7, 11) is 0. The van der Waals surface area contributed by atoms with Crippen LogP contribution in [0.4, 0.5) is 4.79 Å². The molecule has 1 aliphatic rings. The monoisotopic (exact) mass is 284 g/mol. The van der Waals surface area contributed by atoms with E-state index in [1.807, 2.05) is 0 Å². The first-order chi connectivity index (χ1) is 9.83. The van der Waals surface area contributed by atoms with E-state index in [1.54, 1.807) is 0 Å². The van der Waals surface area contributed by atoms with Crippen LogP contribution >= 0.6 is 0 Å². The largest absolute Gasteiger partial charge is 0.338 e. The minimum atomic E-state index is -0.0197. The van der Waals surface area contributed by atoms with Gasteiger partial charge in [0.2, 0.25) is 0 Å². The number of hydrogen-bond donors (Lipinski definition) is 3. The Morgan fingerprint density at radius 2 is 1.65 bits per heavy atom. The van der Waals surface area contributed by atoms with Gasteiger partial charge in [0.1, 0.15) is 0 Å². The van der Waals surface area contributed by atoms with Crippen molar-refractivity contribution in [1.82, 2.24) is 20.9 Å². The number of piperazine rings is 1. The van der Waals surface area contributed by atoms with E-state index in [1.165, 1.54) is 32.1 Å². The normalized spacial score (nSPS) is 16.1. The summed E-state index contributed by atoms with van der Waals surface area (Å²) >= 11 is 0. The van der Waals surface area contributed by atoms with Gasteiger partial charge in [0.05, 0.1) is 0 Å². The fraction of sp³-hybridized carbons (Fsp3) is 0.933. The van der Waals surface area contributed by atoms with Gasteiger partial charge in [-0.05, 0) is 6.42 Å². The smallest absolute Gasteiger partial charge is 0.314 e. The SMILES string of the molecule is CCCCCCCCNC(=O)NCCN1CCNCC1. The van der Waals surface area contributed by atoms with Crippen molar-refractivity contribution in [2.45, 2.75) is 45.4 Å². The van der Waals surface area contributed by atoms with Crippen molar-refractivity contribution >= 4 is 6.03 Å². The molecular weight excluding hydrogens is 252 g/mol. The van der Waals surface area contributed by atoms with Gasteiger partial charge in [-0.2, -0.15) is 0 Å². The first-order valence-electron chi connectivity index (χ1n) is 8.27. The van der Waals surface area contributed by atoms with Crippen LogP contribution in [0.5, 0.6) is 0 Å². The standard InChI is InChI=1S/C15H32N4O/c1-2-3-4-5-6-7-8-17-15(20)18-11-14-19-12-9-16-10-13-19/h16H,2-14H2,1H3,(H2,17,18,20). The molecule has 1 rings (SSSR count). The van der Waals surface area contributed by atoms with Crippen molar-refractivity contribution in [3.63, 3.8) is 0 Å². The summed E-state index contributed by atoms with van der Waals surface area (Å²) < 4.78 is 0. The molecule has 2 amide bonds. The van der Waals surface area contributed by atoms with E-state index >= 15 is 0 Å². The van der Waals surface area contributed by atoms with E-state index < -0.39 is 0 Å². The lowest BCUT2D eigenvalue weighted by Gasteiger charge is -2.27. The van der Waals surface area contributed by atoms with Crippen LogP contribution in [0.3, 0.4) is 0 Å². The lowest BCUT2D eigenvalue weighted by molar-refractivity contribution is 0.227. The number of rotatable bonds is 10. The summed E-state index contributed by atoms with van der Waals surface area (Å²) in [6.07, 6.45) is 7.55. The lowest BCUT2D eigenvalue weighted by atomic mass is 10.1. The number of urea groups is 1. The van der Waals surface area contributed by atoms with E-state index in [2.05, 4.69) is 27.8 Å². The van der Waals surface area contributed by atoms with Gasteiger partial charge in [0.25, 0.3) is 0 Å². The maximum atomic E-state index is 11.6. The topological polar surface area (TPSA) is 56.4 Å². The molecule has 1 heterocycles. The van der Waals surface area contributed by atoms with Crippen molar-refractivity contribution in [3.8, 4) is 0 Å².